The molecule has 0 N–H and O–H groups in total. The molecule has 1 rings (SSSR count). The molecule has 9 heteroatoms. The Morgan fingerprint density at radius 3 is 1.35 bits per heavy atom. The first-order valence-corrected chi connectivity index (χ1v) is 4.65. The molecule has 96 valence electrons. The maximum Gasteiger partial charge on any atom is 0.282 e. The molecule has 0 spiro atoms. The third-order valence-corrected chi connectivity index (χ3v) is 1.71. The van der Waals surface area contributed by atoms with Crippen LogP contribution in [-0.2, 0) is 19.4 Å². The summed E-state index contributed by atoms with van der Waals surface area (Å²) in [4.78, 5) is 31.7. The van der Waals surface area contributed by atoms with Crippen molar-refractivity contribution in [2.24, 2.45) is 0 Å². The molecule has 0 saturated heterocycles. The molecule has 1 aromatic rings. The summed E-state index contributed by atoms with van der Waals surface area (Å²) in [5.41, 5.74) is 0. The highest BCUT2D eigenvalue weighted by atomic mass is 16.9. The van der Waals surface area contributed by atoms with Crippen LogP contribution in [0.2, 0.25) is 0 Å². The van der Waals surface area contributed by atoms with Gasteiger partial charge in [0.15, 0.2) is 0 Å². The van der Waals surface area contributed by atoms with Crippen molar-refractivity contribution in [3.05, 3.63) is 5.82 Å². The Balaban J connectivity index is 3.08. The Morgan fingerprint density at radius 1 is 0.706 bits per heavy atom. The number of hydrogen-bond donors (Lipinski definition) is 0. The molecule has 0 atom stereocenters. The molecule has 1 heterocycles. The maximum absolute atomic E-state index is 4.90. The molecule has 0 amide bonds. The SMILES string of the molecule is CON(OC)c1nc(C)nc(N(OC)OC)n1. The molecule has 0 fully saturated rings. The van der Waals surface area contributed by atoms with E-state index in [0.29, 0.717) is 5.82 Å². The van der Waals surface area contributed by atoms with Crippen molar-refractivity contribution < 1.29 is 19.4 Å². The van der Waals surface area contributed by atoms with Crippen molar-refractivity contribution in [1.29, 1.82) is 0 Å². The fourth-order valence-electron chi connectivity index (χ4n) is 1.09. The lowest BCUT2D eigenvalue weighted by molar-refractivity contribution is -0.0526. The molecule has 1 aromatic heterocycles. The van der Waals surface area contributed by atoms with Gasteiger partial charge in [-0.1, -0.05) is 10.5 Å². The summed E-state index contributed by atoms with van der Waals surface area (Å²) in [5.74, 6) is 0.816. The Bertz CT molecular complexity index is 326. The van der Waals surface area contributed by atoms with E-state index in [-0.39, 0.29) is 11.9 Å². The van der Waals surface area contributed by atoms with Gasteiger partial charge in [-0.05, 0) is 6.92 Å². The zero-order valence-electron chi connectivity index (χ0n) is 10.4. The van der Waals surface area contributed by atoms with Crippen LogP contribution in [0.5, 0.6) is 0 Å². The second-order valence-corrected chi connectivity index (χ2v) is 2.73. The minimum atomic E-state index is 0.177. The average molecular weight is 245 g/mol. The lowest BCUT2D eigenvalue weighted by Gasteiger charge is -2.19. The van der Waals surface area contributed by atoms with E-state index in [9.17, 15) is 0 Å². The van der Waals surface area contributed by atoms with Gasteiger partial charge < -0.3 is 0 Å². The highest BCUT2D eigenvalue weighted by molar-refractivity contribution is 5.32. The van der Waals surface area contributed by atoms with Gasteiger partial charge >= 0.3 is 0 Å². The quantitative estimate of drug-likeness (QED) is 0.645. The van der Waals surface area contributed by atoms with Crippen LogP contribution in [0.3, 0.4) is 0 Å². The van der Waals surface area contributed by atoms with Crippen LogP contribution in [0, 0.1) is 6.92 Å². The molecule has 9 nitrogen and oxygen atoms in total. The first-order chi connectivity index (χ1) is 8.15. The van der Waals surface area contributed by atoms with Crippen molar-refractivity contribution in [1.82, 2.24) is 15.0 Å². The van der Waals surface area contributed by atoms with E-state index in [1.165, 1.54) is 28.4 Å². The summed E-state index contributed by atoms with van der Waals surface area (Å²) in [7, 11) is 5.69. The minimum absolute atomic E-state index is 0.177. The van der Waals surface area contributed by atoms with E-state index in [2.05, 4.69) is 15.0 Å². The molecular formula is C8H15N5O4. The second kappa shape index (κ2) is 6.25. The van der Waals surface area contributed by atoms with Crippen LogP contribution in [0.4, 0.5) is 11.9 Å². The monoisotopic (exact) mass is 245 g/mol. The molecule has 0 radical (unpaired) electrons. The van der Waals surface area contributed by atoms with E-state index >= 15 is 0 Å². The number of aryl methyl sites for hydroxylation is 1. The van der Waals surface area contributed by atoms with Crippen molar-refractivity contribution in [2.45, 2.75) is 6.92 Å². The van der Waals surface area contributed by atoms with Gasteiger partial charge in [0.2, 0.25) is 0 Å². The van der Waals surface area contributed by atoms with E-state index < -0.39 is 0 Å². The smallest absolute Gasteiger partial charge is 0.249 e. The number of nitrogens with zero attached hydrogens (tertiary/aromatic N) is 5. The predicted molar refractivity (Wildman–Crippen MR) is 57.6 cm³/mol. The average Bonchev–Trinajstić information content (AvgIpc) is 2.31. The van der Waals surface area contributed by atoms with Gasteiger partial charge in [-0.25, -0.2) is 19.4 Å². The molecule has 0 aliphatic heterocycles. The van der Waals surface area contributed by atoms with Crippen molar-refractivity contribution in [2.75, 3.05) is 38.9 Å². The zero-order chi connectivity index (χ0) is 12.8. The Hall–Kier alpha value is -1.55. The molecule has 0 bridgehead atoms. The fraction of sp³-hybridized carbons (Fsp3) is 0.625. The zero-order valence-corrected chi connectivity index (χ0v) is 10.4. The van der Waals surface area contributed by atoms with Crippen molar-refractivity contribution in [3.63, 3.8) is 0 Å². The van der Waals surface area contributed by atoms with Crippen molar-refractivity contribution in [3.8, 4) is 0 Å². The molecule has 0 aliphatic rings. The third kappa shape index (κ3) is 3.20. The summed E-state index contributed by atoms with van der Waals surface area (Å²) in [6.07, 6.45) is 0. The van der Waals surface area contributed by atoms with E-state index in [1.807, 2.05) is 0 Å². The highest BCUT2D eigenvalue weighted by Crippen LogP contribution is 2.14. The van der Waals surface area contributed by atoms with E-state index in [1.54, 1.807) is 6.92 Å². The van der Waals surface area contributed by atoms with Crippen molar-refractivity contribution >= 4 is 11.9 Å². The van der Waals surface area contributed by atoms with Gasteiger partial charge in [0.25, 0.3) is 11.9 Å². The standard InChI is InChI=1S/C8H15N5O4/c1-6-9-7(12(14-2)15-3)11-8(10-6)13(16-4)17-5/h1-5H3. The van der Waals surface area contributed by atoms with Gasteiger partial charge in [0.05, 0.1) is 28.4 Å². The topological polar surface area (TPSA) is 82.1 Å². The Kier molecular flexibility index (Phi) is 4.97. The molecule has 0 aliphatic carbocycles. The number of aromatic nitrogens is 3. The Morgan fingerprint density at radius 2 is 1.06 bits per heavy atom. The van der Waals surface area contributed by atoms with Crippen LogP contribution >= 0.6 is 0 Å². The van der Waals surface area contributed by atoms with E-state index in [0.717, 1.165) is 10.5 Å². The van der Waals surface area contributed by atoms with E-state index in [4.69, 9.17) is 19.4 Å². The predicted octanol–water partition coefficient (Wildman–Crippen LogP) is 0.0384. The summed E-state index contributed by atoms with van der Waals surface area (Å²) in [6, 6.07) is 0. The summed E-state index contributed by atoms with van der Waals surface area (Å²) in [6.45, 7) is 1.70. The molecular weight excluding hydrogens is 230 g/mol. The van der Waals surface area contributed by atoms with Gasteiger partial charge in [-0.2, -0.15) is 15.0 Å². The number of anilines is 2. The van der Waals surface area contributed by atoms with Gasteiger partial charge in [0, 0.05) is 0 Å². The lowest BCUT2D eigenvalue weighted by atomic mass is 10.7. The van der Waals surface area contributed by atoms with Crippen LogP contribution in [0.25, 0.3) is 0 Å². The van der Waals surface area contributed by atoms with Crippen LogP contribution < -0.4 is 10.5 Å². The highest BCUT2D eigenvalue weighted by Gasteiger charge is 2.16. The fourth-order valence-corrected chi connectivity index (χ4v) is 1.09. The largest absolute Gasteiger partial charge is 0.282 e. The molecule has 0 aromatic carbocycles. The first-order valence-electron chi connectivity index (χ1n) is 4.65. The summed E-state index contributed by atoms with van der Waals surface area (Å²) in [5, 5.41) is 2.06. The first kappa shape index (κ1) is 13.5. The molecule has 0 saturated carbocycles. The molecule has 17 heavy (non-hydrogen) atoms. The van der Waals surface area contributed by atoms with Gasteiger partial charge in [-0.3, -0.25) is 0 Å². The maximum atomic E-state index is 4.90. The third-order valence-electron chi connectivity index (χ3n) is 1.71. The Labute approximate surface area is 98.7 Å². The van der Waals surface area contributed by atoms with Gasteiger partial charge in [-0.15, -0.1) is 0 Å². The second-order valence-electron chi connectivity index (χ2n) is 2.73. The normalized spacial score (nSPS) is 10.4. The summed E-state index contributed by atoms with van der Waals surface area (Å²) < 4.78 is 0. The lowest BCUT2D eigenvalue weighted by Crippen LogP contribution is -2.27. The molecule has 0 unspecified atom stereocenters. The number of rotatable bonds is 6. The minimum Gasteiger partial charge on any atom is -0.249 e. The van der Waals surface area contributed by atoms with Crippen LogP contribution in [0.15, 0.2) is 0 Å². The van der Waals surface area contributed by atoms with Crippen LogP contribution in [0.1, 0.15) is 5.82 Å². The number of hydrogen-bond acceptors (Lipinski definition) is 9. The summed E-state index contributed by atoms with van der Waals surface area (Å²) >= 11 is 0. The van der Waals surface area contributed by atoms with Crippen LogP contribution in [-0.4, -0.2) is 43.4 Å². The van der Waals surface area contributed by atoms with Gasteiger partial charge in [0.1, 0.15) is 5.82 Å².